The van der Waals surface area contributed by atoms with E-state index >= 15 is 0 Å². The van der Waals surface area contributed by atoms with Gasteiger partial charge in [-0.3, -0.25) is 9.59 Å². The zero-order valence-corrected chi connectivity index (χ0v) is 14.4. The average Bonchev–Trinajstić information content (AvgIpc) is 2.78. The largest absolute Gasteiger partial charge is 0.299 e. The van der Waals surface area contributed by atoms with Gasteiger partial charge in [0, 0.05) is 17.3 Å². The minimum Gasteiger partial charge on any atom is -0.299 e. The SMILES string of the molecule is C=C1C[C@@H]2[C@H](CC[C@]3(C)C(=O)CC[C@@H]23)[C@@]2(C)C(C)=CC(=O)C=C12. The average molecular weight is 310 g/mol. The number of rotatable bonds is 0. The van der Waals surface area contributed by atoms with Crippen molar-refractivity contribution < 1.29 is 9.59 Å². The third kappa shape index (κ3) is 1.75. The summed E-state index contributed by atoms with van der Waals surface area (Å²) in [6, 6.07) is 0. The first-order chi connectivity index (χ1) is 10.8. The van der Waals surface area contributed by atoms with Gasteiger partial charge in [0.15, 0.2) is 5.78 Å². The van der Waals surface area contributed by atoms with E-state index in [1.807, 2.05) is 12.2 Å². The topological polar surface area (TPSA) is 34.1 Å². The summed E-state index contributed by atoms with van der Waals surface area (Å²) in [4.78, 5) is 24.5. The van der Waals surface area contributed by atoms with Crippen LogP contribution in [0.25, 0.3) is 0 Å². The summed E-state index contributed by atoms with van der Waals surface area (Å²) in [5.74, 6) is 2.14. The molecule has 0 heterocycles. The Labute approximate surface area is 138 Å². The van der Waals surface area contributed by atoms with E-state index in [-0.39, 0.29) is 16.6 Å². The van der Waals surface area contributed by atoms with Gasteiger partial charge in [0.2, 0.25) is 0 Å². The molecule has 0 amide bonds. The second-order valence-corrected chi connectivity index (χ2v) is 8.59. The maximum atomic E-state index is 12.5. The molecule has 5 atom stereocenters. The molecule has 4 aliphatic rings. The molecule has 0 aromatic carbocycles. The van der Waals surface area contributed by atoms with Crippen molar-refractivity contribution in [3.8, 4) is 0 Å². The Kier molecular flexibility index (Phi) is 2.99. The predicted octanol–water partition coefficient (Wildman–Crippen LogP) is 4.42. The molecule has 0 aromatic heterocycles. The summed E-state index contributed by atoms with van der Waals surface area (Å²) in [5, 5.41) is 0. The Hall–Kier alpha value is -1.44. The molecule has 0 bridgehead atoms. The van der Waals surface area contributed by atoms with Crippen LogP contribution in [0.5, 0.6) is 0 Å². The molecule has 23 heavy (non-hydrogen) atoms. The Morgan fingerprint density at radius 3 is 2.61 bits per heavy atom. The van der Waals surface area contributed by atoms with Crippen LogP contribution in [0.15, 0.2) is 35.5 Å². The van der Waals surface area contributed by atoms with Crippen molar-refractivity contribution in [1.29, 1.82) is 0 Å². The molecule has 0 spiro atoms. The summed E-state index contributed by atoms with van der Waals surface area (Å²) in [7, 11) is 0. The first kappa shape index (κ1) is 15.1. The van der Waals surface area contributed by atoms with Gasteiger partial charge in [-0.2, -0.15) is 0 Å². The monoisotopic (exact) mass is 310 g/mol. The highest BCUT2D eigenvalue weighted by molar-refractivity contribution is 6.02. The number of Topliss-reactive ketones (excluding diaryl/α,β-unsaturated/α-hetero) is 1. The van der Waals surface area contributed by atoms with Crippen LogP contribution in [0.4, 0.5) is 0 Å². The molecular formula is C21H26O2. The molecule has 0 aromatic rings. The lowest BCUT2D eigenvalue weighted by Gasteiger charge is -2.57. The van der Waals surface area contributed by atoms with E-state index in [4.69, 9.17) is 0 Å². The number of hydrogen-bond acceptors (Lipinski definition) is 2. The lowest BCUT2D eigenvalue weighted by Crippen LogP contribution is -2.51. The number of hydrogen-bond donors (Lipinski definition) is 0. The molecule has 4 rings (SSSR count). The lowest BCUT2D eigenvalue weighted by molar-refractivity contribution is -0.131. The fraction of sp³-hybridized carbons (Fsp3) is 0.619. The van der Waals surface area contributed by atoms with Crippen molar-refractivity contribution in [3.05, 3.63) is 35.5 Å². The number of carbonyl (C=O) groups excluding carboxylic acids is 2. The van der Waals surface area contributed by atoms with Crippen molar-refractivity contribution in [3.63, 3.8) is 0 Å². The molecule has 0 unspecified atom stereocenters. The zero-order chi connectivity index (χ0) is 16.6. The Balaban J connectivity index is 1.81. The quantitative estimate of drug-likeness (QED) is 0.663. The van der Waals surface area contributed by atoms with Crippen LogP contribution in [0.2, 0.25) is 0 Å². The maximum Gasteiger partial charge on any atom is 0.178 e. The van der Waals surface area contributed by atoms with Crippen molar-refractivity contribution in [2.45, 2.75) is 52.9 Å². The minimum atomic E-state index is -0.110. The van der Waals surface area contributed by atoms with E-state index in [9.17, 15) is 9.59 Å². The molecule has 3 fully saturated rings. The van der Waals surface area contributed by atoms with E-state index < -0.39 is 0 Å². The van der Waals surface area contributed by atoms with E-state index in [1.54, 1.807) is 0 Å². The highest BCUT2D eigenvalue weighted by atomic mass is 16.1. The van der Waals surface area contributed by atoms with E-state index in [1.165, 1.54) is 5.57 Å². The second kappa shape index (κ2) is 4.55. The fourth-order valence-corrected chi connectivity index (χ4v) is 6.33. The molecule has 0 N–H and O–H groups in total. The number of carbonyl (C=O) groups is 2. The number of fused-ring (bicyclic) bond motifs is 5. The van der Waals surface area contributed by atoms with Gasteiger partial charge in [-0.15, -0.1) is 0 Å². The van der Waals surface area contributed by atoms with Gasteiger partial charge < -0.3 is 0 Å². The van der Waals surface area contributed by atoms with Gasteiger partial charge in [0.1, 0.15) is 5.78 Å². The van der Waals surface area contributed by atoms with Gasteiger partial charge in [-0.1, -0.05) is 31.6 Å². The Morgan fingerprint density at radius 2 is 1.87 bits per heavy atom. The van der Waals surface area contributed by atoms with Gasteiger partial charge in [0.05, 0.1) is 0 Å². The first-order valence-corrected chi connectivity index (χ1v) is 8.95. The smallest absolute Gasteiger partial charge is 0.178 e. The summed E-state index contributed by atoms with van der Waals surface area (Å²) in [6.45, 7) is 10.9. The highest BCUT2D eigenvalue weighted by Crippen LogP contribution is 2.65. The maximum absolute atomic E-state index is 12.5. The van der Waals surface area contributed by atoms with Gasteiger partial charge >= 0.3 is 0 Å². The summed E-state index contributed by atoms with van der Waals surface area (Å²) in [5.41, 5.74) is 3.29. The molecule has 3 saturated carbocycles. The number of ketones is 2. The summed E-state index contributed by atoms with van der Waals surface area (Å²) < 4.78 is 0. The predicted molar refractivity (Wildman–Crippen MR) is 90.8 cm³/mol. The zero-order valence-electron chi connectivity index (χ0n) is 14.4. The van der Waals surface area contributed by atoms with E-state index in [0.717, 1.165) is 43.3 Å². The molecular weight excluding hydrogens is 284 g/mol. The van der Waals surface area contributed by atoms with E-state index in [0.29, 0.717) is 23.5 Å². The standard InChI is InChI=1S/C21H26O2/c1-12-9-15-16-5-6-19(23)20(16,3)8-7-17(15)21(4)13(2)10-14(22)11-18(12)21/h10-11,15-17H,1,5-9H2,2-4H3/t15-,16-,17-,20-,21+/m0/s1. The minimum absolute atomic E-state index is 0.0686. The lowest BCUT2D eigenvalue weighted by atomic mass is 9.46. The van der Waals surface area contributed by atoms with Crippen LogP contribution in [0.1, 0.15) is 52.9 Å². The molecule has 122 valence electrons. The van der Waals surface area contributed by atoms with Crippen molar-refractivity contribution in [2.24, 2.45) is 28.6 Å². The second-order valence-electron chi connectivity index (χ2n) is 8.59. The van der Waals surface area contributed by atoms with Crippen molar-refractivity contribution in [1.82, 2.24) is 0 Å². The molecule has 0 saturated heterocycles. The molecule has 0 radical (unpaired) electrons. The van der Waals surface area contributed by atoms with E-state index in [2.05, 4.69) is 27.4 Å². The number of allylic oxidation sites excluding steroid dienone is 5. The Bertz CT molecular complexity index is 695. The molecule has 2 heteroatoms. The van der Waals surface area contributed by atoms with Crippen LogP contribution in [-0.4, -0.2) is 11.6 Å². The van der Waals surface area contributed by atoms with Crippen LogP contribution in [0, 0.1) is 28.6 Å². The van der Waals surface area contributed by atoms with Crippen molar-refractivity contribution >= 4 is 11.6 Å². The van der Waals surface area contributed by atoms with Crippen molar-refractivity contribution in [2.75, 3.05) is 0 Å². The van der Waals surface area contributed by atoms with Gasteiger partial charge in [-0.25, -0.2) is 0 Å². The first-order valence-electron chi connectivity index (χ1n) is 8.95. The van der Waals surface area contributed by atoms with Gasteiger partial charge in [0.25, 0.3) is 0 Å². The molecule has 0 aliphatic heterocycles. The fourth-order valence-electron chi connectivity index (χ4n) is 6.33. The van der Waals surface area contributed by atoms with Crippen LogP contribution in [0.3, 0.4) is 0 Å². The van der Waals surface area contributed by atoms with Crippen LogP contribution < -0.4 is 0 Å². The van der Waals surface area contributed by atoms with Gasteiger partial charge in [-0.05, 0) is 68.1 Å². The van der Waals surface area contributed by atoms with Crippen LogP contribution >= 0.6 is 0 Å². The van der Waals surface area contributed by atoms with Crippen LogP contribution in [-0.2, 0) is 9.59 Å². The summed E-state index contributed by atoms with van der Waals surface area (Å²) >= 11 is 0. The normalized spacial score (nSPS) is 45.9. The third-order valence-electron chi connectivity index (χ3n) is 7.77. The molecule has 2 nitrogen and oxygen atoms in total. The molecule has 4 aliphatic carbocycles. The Morgan fingerprint density at radius 1 is 1.13 bits per heavy atom. The highest BCUT2D eigenvalue weighted by Gasteiger charge is 2.59. The summed E-state index contributed by atoms with van der Waals surface area (Å²) in [6.07, 6.45) is 8.48. The third-order valence-corrected chi connectivity index (χ3v) is 7.77.